The van der Waals surface area contributed by atoms with Crippen LogP contribution in [0.2, 0.25) is 0 Å². The van der Waals surface area contributed by atoms with E-state index in [0.29, 0.717) is 6.61 Å². The number of benzene rings is 1. The molecule has 0 aromatic heterocycles. The summed E-state index contributed by atoms with van der Waals surface area (Å²) in [5.41, 5.74) is 0.991. The van der Waals surface area contributed by atoms with Crippen molar-refractivity contribution in [2.75, 3.05) is 5.33 Å². The molecule has 0 aliphatic heterocycles. The maximum atomic E-state index is 11.4. The Kier molecular flexibility index (Phi) is 5.93. The maximum Gasteiger partial charge on any atom is 0.407 e. The third kappa shape index (κ3) is 5.16. The minimum absolute atomic E-state index is 0.127. The normalized spacial score (nSPS) is 11.9. The first-order valence-electron chi connectivity index (χ1n) is 5.25. The molecule has 1 atom stereocenters. The van der Waals surface area contributed by atoms with E-state index in [1.807, 2.05) is 37.3 Å². The summed E-state index contributed by atoms with van der Waals surface area (Å²) in [5.74, 6) is 0. The Morgan fingerprint density at radius 2 is 2.12 bits per heavy atom. The summed E-state index contributed by atoms with van der Waals surface area (Å²) in [5, 5.41) is 3.63. The highest BCUT2D eigenvalue weighted by Gasteiger charge is 2.07. The number of halogens is 1. The minimum atomic E-state index is -0.364. The second kappa shape index (κ2) is 7.28. The number of alkyl halides is 1. The van der Waals surface area contributed by atoms with Gasteiger partial charge in [-0.05, 0) is 18.9 Å². The molecule has 3 nitrogen and oxygen atoms in total. The maximum absolute atomic E-state index is 11.4. The van der Waals surface area contributed by atoms with Crippen LogP contribution in [-0.4, -0.2) is 17.5 Å². The van der Waals surface area contributed by atoms with E-state index < -0.39 is 0 Å². The van der Waals surface area contributed by atoms with Crippen molar-refractivity contribution in [1.82, 2.24) is 5.32 Å². The molecular formula is C12H16BrNO2. The Bertz CT molecular complexity index is 316. The van der Waals surface area contributed by atoms with E-state index >= 15 is 0 Å². The largest absolute Gasteiger partial charge is 0.445 e. The van der Waals surface area contributed by atoms with Crippen molar-refractivity contribution in [1.29, 1.82) is 0 Å². The quantitative estimate of drug-likeness (QED) is 0.845. The van der Waals surface area contributed by atoms with Gasteiger partial charge in [-0.1, -0.05) is 46.3 Å². The molecule has 88 valence electrons. The SMILES string of the molecule is CC(CCBr)NC(=O)OCc1ccccc1. The molecular weight excluding hydrogens is 270 g/mol. The molecule has 1 rings (SSSR count). The molecule has 4 heteroatoms. The standard InChI is InChI=1S/C12H16BrNO2/c1-10(7-8-13)14-12(15)16-9-11-5-3-2-4-6-11/h2-6,10H,7-9H2,1H3,(H,14,15). The van der Waals surface area contributed by atoms with Gasteiger partial charge in [-0.3, -0.25) is 0 Å². The molecule has 1 unspecified atom stereocenters. The zero-order valence-corrected chi connectivity index (χ0v) is 10.9. The Morgan fingerprint density at radius 1 is 1.44 bits per heavy atom. The summed E-state index contributed by atoms with van der Waals surface area (Å²) < 4.78 is 5.08. The molecule has 16 heavy (non-hydrogen) atoms. The molecule has 0 radical (unpaired) electrons. The summed E-state index contributed by atoms with van der Waals surface area (Å²) in [6.45, 7) is 2.26. The zero-order chi connectivity index (χ0) is 11.8. The first-order chi connectivity index (χ1) is 7.72. The molecule has 1 amide bonds. The Hall–Kier alpha value is -1.03. The van der Waals surface area contributed by atoms with E-state index in [-0.39, 0.29) is 12.1 Å². The highest BCUT2D eigenvalue weighted by atomic mass is 79.9. The van der Waals surface area contributed by atoms with E-state index in [2.05, 4.69) is 21.2 Å². The fourth-order valence-corrected chi connectivity index (χ4v) is 1.89. The predicted octanol–water partition coefficient (Wildman–Crippen LogP) is 3.09. The second-order valence-corrected chi connectivity index (χ2v) is 4.38. The van der Waals surface area contributed by atoms with Gasteiger partial charge in [-0.2, -0.15) is 0 Å². The molecule has 0 saturated heterocycles. The summed E-state index contributed by atoms with van der Waals surface area (Å²) >= 11 is 3.32. The Morgan fingerprint density at radius 3 is 2.75 bits per heavy atom. The van der Waals surface area contributed by atoms with Gasteiger partial charge in [-0.15, -0.1) is 0 Å². The second-order valence-electron chi connectivity index (χ2n) is 3.58. The number of ether oxygens (including phenoxy) is 1. The average molecular weight is 286 g/mol. The van der Waals surface area contributed by atoms with Crippen molar-refractivity contribution >= 4 is 22.0 Å². The monoisotopic (exact) mass is 285 g/mol. The van der Waals surface area contributed by atoms with Crippen LogP contribution in [0.4, 0.5) is 4.79 Å². The predicted molar refractivity (Wildman–Crippen MR) is 67.6 cm³/mol. The molecule has 0 heterocycles. The number of amides is 1. The van der Waals surface area contributed by atoms with Gasteiger partial charge in [0, 0.05) is 11.4 Å². The number of carbonyl (C=O) groups is 1. The number of nitrogens with one attached hydrogen (secondary N) is 1. The van der Waals surface area contributed by atoms with Crippen molar-refractivity contribution in [3.8, 4) is 0 Å². The van der Waals surface area contributed by atoms with Crippen LogP contribution in [-0.2, 0) is 11.3 Å². The average Bonchev–Trinajstić information content (AvgIpc) is 2.28. The summed E-state index contributed by atoms with van der Waals surface area (Å²) in [6.07, 6.45) is 0.526. The molecule has 0 spiro atoms. The molecule has 0 saturated carbocycles. The van der Waals surface area contributed by atoms with Gasteiger partial charge in [0.15, 0.2) is 0 Å². The van der Waals surface area contributed by atoms with Crippen LogP contribution < -0.4 is 5.32 Å². The fourth-order valence-electron chi connectivity index (χ4n) is 1.20. The van der Waals surface area contributed by atoms with E-state index in [1.54, 1.807) is 0 Å². The Balaban J connectivity index is 2.25. The van der Waals surface area contributed by atoms with Gasteiger partial charge in [0.05, 0.1) is 0 Å². The van der Waals surface area contributed by atoms with Gasteiger partial charge in [0.2, 0.25) is 0 Å². The van der Waals surface area contributed by atoms with Gasteiger partial charge in [0.1, 0.15) is 6.61 Å². The van der Waals surface area contributed by atoms with E-state index in [4.69, 9.17) is 4.74 Å². The van der Waals surface area contributed by atoms with Crippen molar-refractivity contribution in [2.45, 2.75) is 26.0 Å². The van der Waals surface area contributed by atoms with Crippen molar-refractivity contribution in [3.63, 3.8) is 0 Å². The zero-order valence-electron chi connectivity index (χ0n) is 9.28. The number of carbonyl (C=O) groups excluding carboxylic acids is 1. The summed E-state index contributed by atoms with van der Waals surface area (Å²) in [6, 6.07) is 9.75. The van der Waals surface area contributed by atoms with Crippen LogP contribution in [0, 0.1) is 0 Å². The van der Waals surface area contributed by atoms with Crippen LogP contribution in [0.1, 0.15) is 18.9 Å². The van der Waals surface area contributed by atoms with Gasteiger partial charge in [-0.25, -0.2) is 4.79 Å². The topological polar surface area (TPSA) is 38.3 Å². The van der Waals surface area contributed by atoms with Crippen LogP contribution in [0.25, 0.3) is 0 Å². The van der Waals surface area contributed by atoms with Crippen molar-refractivity contribution in [3.05, 3.63) is 35.9 Å². The first-order valence-corrected chi connectivity index (χ1v) is 6.37. The van der Waals surface area contributed by atoms with E-state index in [1.165, 1.54) is 0 Å². The molecule has 0 fully saturated rings. The summed E-state index contributed by atoms with van der Waals surface area (Å²) in [7, 11) is 0. The third-order valence-electron chi connectivity index (χ3n) is 2.12. The van der Waals surface area contributed by atoms with Gasteiger partial charge >= 0.3 is 6.09 Å². The number of alkyl carbamates (subject to hydrolysis) is 1. The van der Waals surface area contributed by atoms with E-state index in [0.717, 1.165) is 17.3 Å². The third-order valence-corrected chi connectivity index (χ3v) is 2.58. The van der Waals surface area contributed by atoms with Crippen LogP contribution in [0.5, 0.6) is 0 Å². The molecule has 0 aliphatic carbocycles. The summed E-state index contributed by atoms with van der Waals surface area (Å²) in [4.78, 5) is 11.4. The molecule has 0 aliphatic rings. The fraction of sp³-hybridized carbons (Fsp3) is 0.417. The van der Waals surface area contributed by atoms with Crippen molar-refractivity contribution < 1.29 is 9.53 Å². The van der Waals surface area contributed by atoms with E-state index in [9.17, 15) is 4.79 Å². The molecule has 1 aromatic rings. The highest BCUT2D eigenvalue weighted by molar-refractivity contribution is 9.09. The lowest BCUT2D eigenvalue weighted by atomic mass is 10.2. The molecule has 1 N–H and O–H groups in total. The van der Waals surface area contributed by atoms with Gasteiger partial charge < -0.3 is 10.1 Å². The lowest BCUT2D eigenvalue weighted by Crippen LogP contribution is -2.33. The molecule has 0 bridgehead atoms. The molecule has 1 aromatic carbocycles. The number of rotatable bonds is 5. The lowest BCUT2D eigenvalue weighted by Gasteiger charge is -2.12. The van der Waals surface area contributed by atoms with Crippen LogP contribution in [0.15, 0.2) is 30.3 Å². The van der Waals surface area contributed by atoms with Crippen molar-refractivity contribution in [2.24, 2.45) is 0 Å². The lowest BCUT2D eigenvalue weighted by molar-refractivity contribution is 0.136. The van der Waals surface area contributed by atoms with Crippen LogP contribution >= 0.6 is 15.9 Å². The Labute approximate surface area is 104 Å². The minimum Gasteiger partial charge on any atom is -0.445 e. The smallest absolute Gasteiger partial charge is 0.407 e. The number of hydrogen-bond acceptors (Lipinski definition) is 2. The van der Waals surface area contributed by atoms with Crippen LogP contribution in [0.3, 0.4) is 0 Å². The highest BCUT2D eigenvalue weighted by Crippen LogP contribution is 2.01. The number of hydrogen-bond donors (Lipinski definition) is 1. The van der Waals surface area contributed by atoms with Gasteiger partial charge in [0.25, 0.3) is 0 Å². The first kappa shape index (κ1) is 13.0.